The Hall–Kier alpha value is -0.770. The second-order valence-electron chi connectivity index (χ2n) is 5.48. The fourth-order valence-corrected chi connectivity index (χ4v) is 2.65. The molecule has 0 aromatic heterocycles. The van der Waals surface area contributed by atoms with Crippen molar-refractivity contribution < 1.29 is 9.90 Å². The molecule has 1 saturated carbocycles. The molecule has 0 bridgehead atoms. The Morgan fingerprint density at radius 3 is 2.89 bits per heavy atom. The monoisotopic (exact) mass is 256 g/mol. The van der Waals surface area contributed by atoms with E-state index >= 15 is 0 Å². The minimum atomic E-state index is -0.353. The lowest BCUT2D eigenvalue weighted by atomic mass is 9.97. The summed E-state index contributed by atoms with van der Waals surface area (Å²) in [6, 6.07) is 0.271. The topological polar surface area (TPSA) is 61.4 Å². The van der Waals surface area contributed by atoms with Gasteiger partial charge in [-0.2, -0.15) is 0 Å². The molecule has 3 N–H and O–H groups in total. The van der Waals surface area contributed by atoms with E-state index in [0.717, 1.165) is 6.42 Å². The van der Waals surface area contributed by atoms with Gasteiger partial charge in [0.1, 0.15) is 0 Å². The highest BCUT2D eigenvalue weighted by Crippen LogP contribution is 2.29. The van der Waals surface area contributed by atoms with Crippen LogP contribution in [0.4, 0.5) is 4.79 Å². The first-order valence-electron chi connectivity index (χ1n) is 7.36. The van der Waals surface area contributed by atoms with Crippen LogP contribution in [-0.2, 0) is 0 Å². The Balaban J connectivity index is 2.21. The van der Waals surface area contributed by atoms with Gasteiger partial charge in [-0.3, -0.25) is 0 Å². The number of aliphatic hydroxyl groups is 1. The predicted molar refractivity (Wildman–Crippen MR) is 73.5 cm³/mol. The number of hydrogen-bond donors (Lipinski definition) is 3. The van der Waals surface area contributed by atoms with E-state index in [0.29, 0.717) is 24.9 Å². The molecular formula is C14H28N2O2. The molecule has 106 valence electrons. The van der Waals surface area contributed by atoms with Crippen LogP contribution in [0.5, 0.6) is 0 Å². The molecule has 0 saturated heterocycles. The molecule has 0 aromatic rings. The molecule has 1 aliphatic rings. The van der Waals surface area contributed by atoms with Gasteiger partial charge in [0.2, 0.25) is 0 Å². The molecule has 3 unspecified atom stereocenters. The van der Waals surface area contributed by atoms with Crippen molar-refractivity contribution in [2.24, 2.45) is 5.92 Å². The lowest BCUT2D eigenvalue weighted by molar-refractivity contribution is 0.183. The van der Waals surface area contributed by atoms with Crippen LogP contribution in [0.3, 0.4) is 0 Å². The molecule has 4 nitrogen and oxygen atoms in total. The van der Waals surface area contributed by atoms with Crippen LogP contribution in [0.25, 0.3) is 0 Å². The summed E-state index contributed by atoms with van der Waals surface area (Å²) < 4.78 is 0. The van der Waals surface area contributed by atoms with Gasteiger partial charge >= 0.3 is 6.03 Å². The molecule has 1 fully saturated rings. The molecule has 18 heavy (non-hydrogen) atoms. The molecule has 0 aromatic carbocycles. The minimum Gasteiger partial charge on any atom is -0.393 e. The zero-order valence-electron chi connectivity index (χ0n) is 11.7. The number of unbranched alkanes of at least 4 members (excludes halogenated alkanes) is 1. The first kappa shape index (κ1) is 15.3. The van der Waals surface area contributed by atoms with Crippen LogP contribution >= 0.6 is 0 Å². The fraction of sp³-hybridized carbons (Fsp3) is 0.929. The number of carbonyl (C=O) groups excluding carboxylic acids is 1. The SMILES string of the molecule is CCCCC1CCCC1NC(=O)NCCC(C)O. The highest BCUT2D eigenvalue weighted by Gasteiger charge is 2.27. The van der Waals surface area contributed by atoms with Gasteiger partial charge in [0.15, 0.2) is 0 Å². The van der Waals surface area contributed by atoms with E-state index in [1.54, 1.807) is 6.92 Å². The van der Waals surface area contributed by atoms with Gasteiger partial charge in [0.05, 0.1) is 6.10 Å². The van der Waals surface area contributed by atoms with E-state index in [2.05, 4.69) is 17.6 Å². The van der Waals surface area contributed by atoms with E-state index in [-0.39, 0.29) is 12.1 Å². The van der Waals surface area contributed by atoms with E-state index in [4.69, 9.17) is 5.11 Å². The maximum absolute atomic E-state index is 11.7. The molecule has 0 radical (unpaired) electrons. The van der Waals surface area contributed by atoms with Gasteiger partial charge in [-0.15, -0.1) is 0 Å². The summed E-state index contributed by atoms with van der Waals surface area (Å²) in [5, 5.41) is 15.0. The third-order valence-corrected chi connectivity index (χ3v) is 3.75. The highest BCUT2D eigenvalue weighted by atomic mass is 16.3. The van der Waals surface area contributed by atoms with E-state index in [1.807, 2.05) is 0 Å². The first-order valence-corrected chi connectivity index (χ1v) is 7.36. The van der Waals surface area contributed by atoms with Crippen molar-refractivity contribution in [2.75, 3.05) is 6.54 Å². The molecule has 1 rings (SSSR count). The largest absolute Gasteiger partial charge is 0.393 e. The van der Waals surface area contributed by atoms with Gasteiger partial charge in [-0.05, 0) is 38.5 Å². The molecule has 3 atom stereocenters. The summed E-state index contributed by atoms with van der Waals surface area (Å²) >= 11 is 0. The van der Waals surface area contributed by atoms with Crippen molar-refractivity contribution in [2.45, 2.75) is 70.9 Å². The molecule has 0 aliphatic heterocycles. The summed E-state index contributed by atoms with van der Waals surface area (Å²) in [5.74, 6) is 0.660. The van der Waals surface area contributed by atoms with Crippen molar-refractivity contribution >= 4 is 6.03 Å². The summed E-state index contributed by atoms with van der Waals surface area (Å²) in [6.07, 6.45) is 7.56. The van der Waals surface area contributed by atoms with Crippen LogP contribution in [-0.4, -0.2) is 29.8 Å². The van der Waals surface area contributed by atoms with Crippen molar-refractivity contribution in [3.63, 3.8) is 0 Å². The molecule has 4 heteroatoms. The summed E-state index contributed by atoms with van der Waals surface area (Å²) in [4.78, 5) is 11.7. The van der Waals surface area contributed by atoms with Crippen molar-refractivity contribution in [3.05, 3.63) is 0 Å². The highest BCUT2D eigenvalue weighted by molar-refractivity contribution is 5.74. The Morgan fingerprint density at radius 1 is 1.44 bits per heavy atom. The average molecular weight is 256 g/mol. The summed E-state index contributed by atoms with van der Waals surface area (Å²) in [6.45, 7) is 4.48. The molecule has 1 aliphatic carbocycles. The van der Waals surface area contributed by atoms with E-state index < -0.39 is 0 Å². The molecular weight excluding hydrogens is 228 g/mol. The minimum absolute atomic E-state index is 0.0796. The van der Waals surface area contributed by atoms with E-state index in [9.17, 15) is 4.79 Å². The number of urea groups is 1. The number of amides is 2. The maximum atomic E-state index is 11.7. The zero-order valence-corrected chi connectivity index (χ0v) is 11.7. The third kappa shape index (κ3) is 5.71. The summed E-state index contributed by atoms with van der Waals surface area (Å²) in [5.41, 5.74) is 0. The van der Waals surface area contributed by atoms with E-state index in [1.165, 1.54) is 32.1 Å². The van der Waals surface area contributed by atoms with Crippen LogP contribution in [0, 0.1) is 5.92 Å². The molecule has 2 amide bonds. The lowest BCUT2D eigenvalue weighted by Crippen LogP contribution is -2.44. The average Bonchev–Trinajstić information content (AvgIpc) is 2.73. The third-order valence-electron chi connectivity index (χ3n) is 3.75. The number of carbonyl (C=O) groups is 1. The van der Waals surface area contributed by atoms with Crippen molar-refractivity contribution in [3.8, 4) is 0 Å². The normalized spacial score (nSPS) is 24.8. The van der Waals surface area contributed by atoms with Crippen LogP contribution in [0.15, 0.2) is 0 Å². The fourth-order valence-electron chi connectivity index (χ4n) is 2.65. The predicted octanol–water partition coefficient (Wildman–Crippen LogP) is 2.42. The maximum Gasteiger partial charge on any atom is 0.315 e. The standard InChI is InChI=1S/C14H28N2O2/c1-3-4-6-12-7-5-8-13(12)16-14(18)15-10-9-11(2)17/h11-13,17H,3-10H2,1-2H3,(H2,15,16,18). The van der Waals surface area contributed by atoms with Gasteiger partial charge in [0, 0.05) is 12.6 Å². The number of hydrogen-bond acceptors (Lipinski definition) is 2. The van der Waals surface area contributed by atoms with Gasteiger partial charge in [0.25, 0.3) is 0 Å². The second-order valence-corrected chi connectivity index (χ2v) is 5.48. The van der Waals surface area contributed by atoms with Gasteiger partial charge in [-0.1, -0.05) is 26.2 Å². The molecule has 0 spiro atoms. The molecule has 0 heterocycles. The smallest absolute Gasteiger partial charge is 0.315 e. The number of aliphatic hydroxyl groups excluding tert-OH is 1. The quantitative estimate of drug-likeness (QED) is 0.655. The second kappa shape index (κ2) is 8.35. The van der Waals surface area contributed by atoms with Crippen LogP contribution in [0.1, 0.15) is 58.8 Å². The van der Waals surface area contributed by atoms with Gasteiger partial charge in [-0.25, -0.2) is 4.79 Å². The first-order chi connectivity index (χ1) is 8.63. The van der Waals surface area contributed by atoms with Crippen LogP contribution in [0.2, 0.25) is 0 Å². The Kier molecular flexibility index (Phi) is 7.09. The van der Waals surface area contributed by atoms with Gasteiger partial charge < -0.3 is 15.7 Å². The van der Waals surface area contributed by atoms with Crippen LogP contribution < -0.4 is 10.6 Å². The number of nitrogens with one attached hydrogen (secondary N) is 2. The Labute approximate surface area is 111 Å². The summed E-state index contributed by atoms with van der Waals surface area (Å²) in [7, 11) is 0. The Morgan fingerprint density at radius 2 is 2.22 bits per heavy atom. The Bertz CT molecular complexity index is 244. The van der Waals surface area contributed by atoms with Crippen molar-refractivity contribution in [1.82, 2.24) is 10.6 Å². The number of rotatable bonds is 7. The lowest BCUT2D eigenvalue weighted by Gasteiger charge is -2.21. The zero-order chi connectivity index (χ0) is 13.4. The van der Waals surface area contributed by atoms with Crippen molar-refractivity contribution in [1.29, 1.82) is 0 Å².